The Kier molecular flexibility index (Phi) is 6.05. The summed E-state index contributed by atoms with van der Waals surface area (Å²) in [5, 5.41) is 2.67. The number of hydrogen-bond acceptors (Lipinski definition) is 6. The van der Waals surface area contributed by atoms with Crippen molar-refractivity contribution >= 4 is 46.9 Å². The molecule has 0 aromatic heterocycles. The second-order valence-corrected chi connectivity index (χ2v) is 7.83. The number of rotatable bonds is 5. The summed E-state index contributed by atoms with van der Waals surface area (Å²) < 4.78 is 11.1. The van der Waals surface area contributed by atoms with Gasteiger partial charge in [0.1, 0.15) is 17.1 Å². The van der Waals surface area contributed by atoms with Gasteiger partial charge in [-0.05, 0) is 49.2 Å². The second-order valence-electron chi connectivity index (χ2n) is 7.39. The smallest absolute Gasteiger partial charge is 0.335 e. The minimum atomic E-state index is -0.826. The Morgan fingerprint density at radius 1 is 0.969 bits per heavy atom. The van der Waals surface area contributed by atoms with Crippen LogP contribution in [0.4, 0.5) is 16.2 Å². The summed E-state index contributed by atoms with van der Waals surface area (Å²) in [6.45, 7) is 1.83. The highest BCUT2D eigenvalue weighted by Crippen LogP contribution is 2.38. The summed E-state index contributed by atoms with van der Waals surface area (Å²) in [6, 6.07) is 8.91. The lowest BCUT2D eigenvalue weighted by Gasteiger charge is -2.26. The van der Waals surface area contributed by atoms with E-state index in [-0.39, 0.29) is 5.57 Å². The van der Waals surface area contributed by atoms with Crippen LogP contribution in [0.25, 0.3) is 6.08 Å². The largest absolute Gasteiger partial charge is 0.496 e. The fourth-order valence-corrected chi connectivity index (χ4v) is 3.99. The third kappa shape index (κ3) is 4.01. The van der Waals surface area contributed by atoms with Crippen molar-refractivity contribution in [2.75, 3.05) is 37.1 Å². The molecule has 2 fully saturated rings. The van der Waals surface area contributed by atoms with Crippen LogP contribution in [-0.2, 0) is 9.59 Å². The Morgan fingerprint density at radius 2 is 1.62 bits per heavy atom. The van der Waals surface area contributed by atoms with Crippen molar-refractivity contribution in [3.05, 3.63) is 52.6 Å². The van der Waals surface area contributed by atoms with Gasteiger partial charge in [0.15, 0.2) is 0 Å². The summed E-state index contributed by atoms with van der Waals surface area (Å²) in [7, 11) is 3.08. The molecule has 2 aliphatic heterocycles. The standard InChI is InChI=1S/C23H22ClN3O5/c1-31-19-13-18(26-9-3-4-10-26)20(32-2)12-14(19)11-17-21(28)25-23(30)27(22(17)29)16-7-5-15(24)6-8-16/h5-8,11-13H,3-4,9-10H2,1-2H3,(H,25,28,30)/b17-11+. The number of barbiturate groups is 1. The number of hydrogen-bond donors (Lipinski definition) is 1. The van der Waals surface area contributed by atoms with E-state index in [1.54, 1.807) is 25.3 Å². The molecule has 4 amide bonds. The van der Waals surface area contributed by atoms with Crippen molar-refractivity contribution < 1.29 is 23.9 Å². The lowest BCUT2D eigenvalue weighted by molar-refractivity contribution is -0.122. The molecule has 2 aliphatic rings. The Bertz CT molecular complexity index is 1110. The third-order valence-electron chi connectivity index (χ3n) is 5.46. The van der Waals surface area contributed by atoms with Gasteiger partial charge in [-0.3, -0.25) is 14.9 Å². The molecule has 2 aromatic carbocycles. The molecule has 8 nitrogen and oxygen atoms in total. The van der Waals surface area contributed by atoms with Gasteiger partial charge in [-0.25, -0.2) is 9.69 Å². The zero-order valence-electron chi connectivity index (χ0n) is 17.7. The molecule has 0 radical (unpaired) electrons. The molecule has 1 N–H and O–H groups in total. The second kappa shape index (κ2) is 8.92. The van der Waals surface area contributed by atoms with Crippen LogP contribution in [0.5, 0.6) is 11.5 Å². The molecule has 2 saturated heterocycles. The average molecular weight is 456 g/mol. The van der Waals surface area contributed by atoms with Crippen molar-refractivity contribution in [3.63, 3.8) is 0 Å². The number of imide groups is 2. The highest BCUT2D eigenvalue weighted by Gasteiger charge is 2.37. The van der Waals surface area contributed by atoms with E-state index in [2.05, 4.69) is 10.2 Å². The molecule has 0 unspecified atom stereocenters. The number of nitrogens with one attached hydrogen (secondary N) is 1. The number of urea groups is 1. The Labute approximate surface area is 190 Å². The monoisotopic (exact) mass is 455 g/mol. The zero-order valence-corrected chi connectivity index (χ0v) is 18.4. The first kappa shape index (κ1) is 21.7. The fourth-order valence-electron chi connectivity index (χ4n) is 3.86. The lowest BCUT2D eigenvalue weighted by atomic mass is 10.0. The van der Waals surface area contributed by atoms with E-state index in [0.29, 0.717) is 27.8 Å². The van der Waals surface area contributed by atoms with Gasteiger partial charge < -0.3 is 14.4 Å². The Morgan fingerprint density at radius 3 is 2.25 bits per heavy atom. The quantitative estimate of drug-likeness (QED) is 0.547. The van der Waals surface area contributed by atoms with Gasteiger partial charge in [0.25, 0.3) is 11.8 Å². The molecular formula is C23H22ClN3O5. The molecular weight excluding hydrogens is 434 g/mol. The molecule has 2 aromatic rings. The summed E-state index contributed by atoms with van der Waals surface area (Å²) in [6.07, 6.45) is 3.60. The van der Waals surface area contributed by atoms with E-state index in [0.717, 1.165) is 36.5 Å². The van der Waals surface area contributed by atoms with E-state index < -0.39 is 17.8 Å². The number of methoxy groups -OCH3 is 2. The van der Waals surface area contributed by atoms with E-state index in [9.17, 15) is 14.4 Å². The van der Waals surface area contributed by atoms with Gasteiger partial charge >= 0.3 is 6.03 Å². The maximum atomic E-state index is 13.1. The molecule has 2 heterocycles. The summed E-state index contributed by atoms with van der Waals surface area (Å²) in [5.74, 6) is -0.440. The van der Waals surface area contributed by atoms with Crippen LogP contribution in [-0.4, -0.2) is 45.2 Å². The molecule has 0 atom stereocenters. The van der Waals surface area contributed by atoms with Crippen LogP contribution in [0, 0.1) is 0 Å². The number of benzene rings is 2. The minimum absolute atomic E-state index is 0.200. The highest BCUT2D eigenvalue weighted by molar-refractivity contribution is 6.39. The molecule has 0 spiro atoms. The zero-order chi connectivity index (χ0) is 22.8. The Balaban J connectivity index is 1.75. The van der Waals surface area contributed by atoms with Gasteiger partial charge in [0.2, 0.25) is 0 Å². The molecule has 4 rings (SSSR count). The van der Waals surface area contributed by atoms with Crippen LogP contribution < -0.4 is 24.6 Å². The van der Waals surface area contributed by atoms with Crippen molar-refractivity contribution in [2.24, 2.45) is 0 Å². The van der Waals surface area contributed by atoms with E-state index in [4.69, 9.17) is 21.1 Å². The van der Waals surface area contributed by atoms with Gasteiger partial charge in [-0.1, -0.05) is 11.6 Å². The number of carbonyl (C=O) groups excluding carboxylic acids is 3. The van der Waals surface area contributed by atoms with Crippen LogP contribution in [0.15, 0.2) is 42.0 Å². The number of nitrogens with zero attached hydrogens (tertiary/aromatic N) is 2. The number of ether oxygens (including phenoxy) is 2. The number of halogens is 1. The predicted octanol–water partition coefficient (Wildman–Crippen LogP) is 3.62. The molecule has 0 aliphatic carbocycles. The van der Waals surface area contributed by atoms with E-state index in [1.807, 2.05) is 6.07 Å². The highest BCUT2D eigenvalue weighted by atomic mass is 35.5. The first-order valence-electron chi connectivity index (χ1n) is 10.1. The van der Waals surface area contributed by atoms with Crippen molar-refractivity contribution in [3.8, 4) is 11.5 Å². The number of carbonyl (C=O) groups is 3. The summed E-state index contributed by atoms with van der Waals surface area (Å²) in [4.78, 5) is 41.1. The molecule has 166 valence electrons. The summed E-state index contributed by atoms with van der Waals surface area (Å²) >= 11 is 5.91. The van der Waals surface area contributed by atoms with Gasteiger partial charge in [0, 0.05) is 29.7 Å². The first-order valence-corrected chi connectivity index (χ1v) is 10.5. The summed E-state index contributed by atoms with van der Waals surface area (Å²) in [5.41, 5.74) is 1.47. The van der Waals surface area contributed by atoms with E-state index in [1.165, 1.54) is 25.3 Å². The van der Waals surface area contributed by atoms with Gasteiger partial charge in [-0.15, -0.1) is 0 Å². The topological polar surface area (TPSA) is 88.2 Å². The SMILES string of the molecule is COc1cc(N2CCCC2)c(OC)cc1/C=C1\C(=O)NC(=O)N(c2ccc(Cl)cc2)C1=O. The minimum Gasteiger partial charge on any atom is -0.496 e. The predicted molar refractivity (Wildman–Crippen MR) is 121 cm³/mol. The van der Waals surface area contributed by atoms with Crippen molar-refractivity contribution in [1.29, 1.82) is 0 Å². The van der Waals surface area contributed by atoms with Crippen LogP contribution in [0.3, 0.4) is 0 Å². The van der Waals surface area contributed by atoms with Crippen LogP contribution in [0.2, 0.25) is 5.02 Å². The average Bonchev–Trinajstić information content (AvgIpc) is 3.32. The Hall–Kier alpha value is -3.52. The number of anilines is 2. The molecule has 32 heavy (non-hydrogen) atoms. The lowest BCUT2D eigenvalue weighted by Crippen LogP contribution is -2.54. The number of amides is 4. The maximum absolute atomic E-state index is 13.1. The maximum Gasteiger partial charge on any atom is 0.335 e. The fraction of sp³-hybridized carbons (Fsp3) is 0.261. The van der Waals surface area contributed by atoms with E-state index >= 15 is 0 Å². The van der Waals surface area contributed by atoms with Gasteiger partial charge in [0.05, 0.1) is 25.6 Å². The molecule has 0 saturated carbocycles. The molecule has 9 heteroatoms. The third-order valence-corrected chi connectivity index (χ3v) is 5.72. The molecule has 0 bridgehead atoms. The van der Waals surface area contributed by atoms with Crippen molar-refractivity contribution in [2.45, 2.75) is 12.8 Å². The normalized spacial score (nSPS) is 17.7. The van der Waals surface area contributed by atoms with Gasteiger partial charge in [-0.2, -0.15) is 0 Å². The first-order chi connectivity index (χ1) is 15.4. The van der Waals surface area contributed by atoms with Crippen LogP contribution in [0.1, 0.15) is 18.4 Å². The van der Waals surface area contributed by atoms with Crippen molar-refractivity contribution in [1.82, 2.24) is 5.32 Å². The van der Waals surface area contributed by atoms with Crippen LogP contribution >= 0.6 is 11.6 Å².